The van der Waals surface area contributed by atoms with Crippen molar-refractivity contribution in [3.05, 3.63) is 194 Å². The monoisotopic (exact) mass is 772 g/mol. The van der Waals surface area contributed by atoms with E-state index >= 15 is 0 Å². The lowest BCUT2D eigenvalue weighted by atomic mass is 10.0. The van der Waals surface area contributed by atoms with Gasteiger partial charge in [0, 0.05) is 43.9 Å². The molecular formula is C52H32N6S. The van der Waals surface area contributed by atoms with E-state index in [2.05, 4.69) is 143 Å². The summed E-state index contributed by atoms with van der Waals surface area (Å²) in [6, 6.07) is 68.1. The summed E-state index contributed by atoms with van der Waals surface area (Å²) in [7, 11) is 0. The normalized spacial score (nSPS) is 11.7. The lowest BCUT2D eigenvalue weighted by Gasteiger charge is -2.08. The standard InChI is InChI=1S/C52H32N6S/c1-4-14-33(15-5-1)49-54-50(34-16-6-2-7-17-34)56-51(55-49)37-24-27-43-48(32-37)59-52(53-43)58-45-23-13-11-21-40(45)42-31-36(26-29-47(42)58)35-25-28-46-41(30-35)39-20-10-12-22-44(39)57(46)38-18-8-3-9-19-38/h1-32H. The second-order valence-corrected chi connectivity index (χ2v) is 15.7. The van der Waals surface area contributed by atoms with Crippen molar-refractivity contribution >= 4 is 65.2 Å². The molecule has 4 heterocycles. The Hall–Kier alpha value is -7.74. The summed E-state index contributed by atoms with van der Waals surface area (Å²) in [6.07, 6.45) is 0. The van der Waals surface area contributed by atoms with Gasteiger partial charge in [-0.25, -0.2) is 19.9 Å². The van der Waals surface area contributed by atoms with Crippen molar-refractivity contribution in [2.24, 2.45) is 0 Å². The zero-order valence-corrected chi connectivity index (χ0v) is 32.4. The Balaban J connectivity index is 0.967. The topological polar surface area (TPSA) is 61.4 Å². The molecule has 0 aliphatic heterocycles. The zero-order valence-electron chi connectivity index (χ0n) is 31.6. The Bertz CT molecular complexity index is 3490. The van der Waals surface area contributed by atoms with Crippen LogP contribution in [-0.2, 0) is 0 Å². The Kier molecular flexibility index (Phi) is 7.61. The Labute approximate surface area is 343 Å². The van der Waals surface area contributed by atoms with Crippen molar-refractivity contribution in [1.82, 2.24) is 29.1 Å². The fourth-order valence-electron chi connectivity index (χ4n) is 8.45. The summed E-state index contributed by atoms with van der Waals surface area (Å²) in [5.74, 6) is 1.91. The molecule has 0 fully saturated rings. The summed E-state index contributed by atoms with van der Waals surface area (Å²) < 4.78 is 5.73. The molecule has 0 bridgehead atoms. The number of hydrogen-bond acceptors (Lipinski definition) is 5. The Morgan fingerprint density at radius 3 is 1.37 bits per heavy atom. The third-order valence-electron chi connectivity index (χ3n) is 11.2. The van der Waals surface area contributed by atoms with Crippen LogP contribution in [0.1, 0.15) is 0 Å². The maximum absolute atomic E-state index is 5.22. The number of benzene rings is 8. The number of nitrogens with zero attached hydrogens (tertiary/aromatic N) is 6. The third kappa shape index (κ3) is 5.55. The van der Waals surface area contributed by atoms with Gasteiger partial charge in [0.15, 0.2) is 22.6 Å². The van der Waals surface area contributed by atoms with Crippen LogP contribution in [0, 0.1) is 0 Å². The number of fused-ring (bicyclic) bond motifs is 7. The summed E-state index contributed by atoms with van der Waals surface area (Å²) in [5.41, 5.74) is 11.9. The fraction of sp³-hybridized carbons (Fsp3) is 0. The van der Waals surface area contributed by atoms with Gasteiger partial charge >= 0.3 is 0 Å². The fourth-order valence-corrected chi connectivity index (χ4v) is 9.48. The maximum Gasteiger partial charge on any atom is 0.195 e. The number of rotatable bonds is 6. The van der Waals surface area contributed by atoms with Gasteiger partial charge in [-0.3, -0.25) is 4.57 Å². The molecule has 12 rings (SSSR count). The van der Waals surface area contributed by atoms with Gasteiger partial charge in [-0.1, -0.05) is 139 Å². The van der Waals surface area contributed by atoms with Crippen LogP contribution in [0.4, 0.5) is 0 Å². The molecule has 0 aliphatic rings. The summed E-state index contributed by atoms with van der Waals surface area (Å²) in [4.78, 5) is 20.1. The van der Waals surface area contributed by atoms with Gasteiger partial charge in [-0.15, -0.1) is 0 Å². The lowest BCUT2D eigenvalue weighted by molar-refractivity contribution is 1.07. The van der Waals surface area contributed by atoms with Crippen LogP contribution in [0.15, 0.2) is 194 Å². The SMILES string of the molecule is c1ccc(-c2nc(-c3ccccc3)nc(-c3ccc4nc(-n5c6ccccc6c6cc(-c7ccc8c(c7)c7ccccc7n8-c7ccccc7)ccc65)sc4c3)n2)cc1. The van der Waals surface area contributed by atoms with E-state index in [0.717, 1.165) is 48.8 Å². The molecule has 8 aromatic carbocycles. The van der Waals surface area contributed by atoms with E-state index in [-0.39, 0.29) is 0 Å². The molecule has 0 spiro atoms. The van der Waals surface area contributed by atoms with E-state index in [9.17, 15) is 0 Å². The summed E-state index contributed by atoms with van der Waals surface area (Å²) >= 11 is 1.68. The minimum Gasteiger partial charge on any atom is -0.309 e. The van der Waals surface area contributed by atoms with Gasteiger partial charge in [0.05, 0.1) is 32.3 Å². The Morgan fingerprint density at radius 1 is 0.322 bits per heavy atom. The van der Waals surface area contributed by atoms with Gasteiger partial charge in [0.25, 0.3) is 0 Å². The molecular weight excluding hydrogens is 741 g/mol. The highest BCUT2D eigenvalue weighted by molar-refractivity contribution is 7.20. The number of hydrogen-bond donors (Lipinski definition) is 0. The second kappa shape index (κ2) is 13.4. The highest BCUT2D eigenvalue weighted by Gasteiger charge is 2.19. The number of aromatic nitrogens is 6. The molecule has 0 unspecified atom stereocenters. The highest BCUT2D eigenvalue weighted by Crippen LogP contribution is 2.40. The van der Waals surface area contributed by atoms with Crippen molar-refractivity contribution in [1.29, 1.82) is 0 Å². The van der Waals surface area contributed by atoms with E-state index in [1.807, 2.05) is 60.7 Å². The van der Waals surface area contributed by atoms with Gasteiger partial charge < -0.3 is 4.57 Å². The molecule has 0 N–H and O–H groups in total. The first-order chi connectivity index (χ1) is 29.2. The number of thiazole rings is 1. The molecule has 276 valence electrons. The van der Waals surface area contributed by atoms with Crippen LogP contribution < -0.4 is 0 Å². The molecule has 0 amide bonds. The average Bonchev–Trinajstić information content (AvgIpc) is 3.99. The quantitative estimate of drug-likeness (QED) is 0.169. The number of para-hydroxylation sites is 3. The third-order valence-corrected chi connectivity index (χ3v) is 12.2. The van der Waals surface area contributed by atoms with Crippen molar-refractivity contribution in [3.8, 4) is 56.1 Å². The van der Waals surface area contributed by atoms with Crippen molar-refractivity contribution < 1.29 is 0 Å². The van der Waals surface area contributed by atoms with Gasteiger partial charge in [-0.05, 0) is 77.9 Å². The lowest BCUT2D eigenvalue weighted by Crippen LogP contribution is -1.99. The molecule has 59 heavy (non-hydrogen) atoms. The van der Waals surface area contributed by atoms with E-state index in [4.69, 9.17) is 19.9 Å². The van der Waals surface area contributed by atoms with Gasteiger partial charge in [-0.2, -0.15) is 0 Å². The van der Waals surface area contributed by atoms with Crippen LogP contribution in [-0.4, -0.2) is 29.1 Å². The molecule has 0 atom stereocenters. The van der Waals surface area contributed by atoms with Crippen LogP contribution in [0.3, 0.4) is 0 Å². The van der Waals surface area contributed by atoms with Crippen molar-refractivity contribution in [2.75, 3.05) is 0 Å². The van der Waals surface area contributed by atoms with Crippen molar-refractivity contribution in [2.45, 2.75) is 0 Å². The highest BCUT2D eigenvalue weighted by atomic mass is 32.1. The minimum absolute atomic E-state index is 0.627. The Morgan fingerprint density at radius 2 is 0.780 bits per heavy atom. The van der Waals surface area contributed by atoms with E-state index < -0.39 is 0 Å². The van der Waals surface area contributed by atoms with E-state index in [1.165, 1.54) is 43.7 Å². The predicted octanol–water partition coefficient (Wildman–Crippen LogP) is 13.3. The predicted molar refractivity (Wildman–Crippen MR) is 243 cm³/mol. The molecule has 4 aromatic heterocycles. The van der Waals surface area contributed by atoms with Crippen LogP contribution in [0.25, 0.3) is 110 Å². The molecule has 0 saturated carbocycles. The molecule has 7 heteroatoms. The van der Waals surface area contributed by atoms with Gasteiger partial charge in [0.1, 0.15) is 0 Å². The summed E-state index contributed by atoms with van der Waals surface area (Å²) in [5, 5.41) is 5.78. The molecule has 0 aliphatic carbocycles. The molecule has 6 nitrogen and oxygen atoms in total. The van der Waals surface area contributed by atoms with E-state index in [0.29, 0.717) is 17.5 Å². The average molecular weight is 773 g/mol. The molecule has 12 aromatic rings. The largest absolute Gasteiger partial charge is 0.309 e. The first kappa shape index (κ1) is 33.4. The smallest absolute Gasteiger partial charge is 0.195 e. The zero-order chi connectivity index (χ0) is 38.9. The first-order valence-electron chi connectivity index (χ1n) is 19.6. The van der Waals surface area contributed by atoms with E-state index in [1.54, 1.807) is 11.3 Å². The van der Waals surface area contributed by atoms with Crippen LogP contribution >= 0.6 is 11.3 Å². The molecule has 0 saturated heterocycles. The van der Waals surface area contributed by atoms with Crippen LogP contribution in [0.5, 0.6) is 0 Å². The minimum atomic E-state index is 0.627. The maximum atomic E-state index is 5.22. The van der Waals surface area contributed by atoms with Gasteiger partial charge in [0.2, 0.25) is 0 Å². The van der Waals surface area contributed by atoms with Crippen molar-refractivity contribution in [3.63, 3.8) is 0 Å². The molecule has 0 radical (unpaired) electrons. The second-order valence-electron chi connectivity index (χ2n) is 14.7. The first-order valence-corrected chi connectivity index (χ1v) is 20.5. The summed E-state index contributed by atoms with van der Waals surface area (Å²) in [6.45, 7) is 0. The van der Waals surface area contributed by atoms with Crippen LogP contribution in [0.2, 0.25) is 0 Å².